The van der Waals surface area contributed by atoms with Crippen LogP contribution in [0.25, 0.3) is 0 Å². The van der Waals surface area contributed by atoms with E-state index in [4.69, 9.17) is 4.55 Å². The Labute approximate surface area is 123 Å². The molecule has 0 aromatic carbocycles. The van der Waals surface area contributed by atoms with Gasteiger partial charge in [0.2, 0.25) is 0 Å². The quantitative estimate of drug-likeness (QED) is 0.595. The monoisotopic (exact) mass is 325 g/mol. The second kappa shape index (κ2) is 6.69. The molecule has 122 valence electrons. The second-order valence-electron chi connectivity index (χ2n) is 5.16. The average molecular weight is 325 g/mol. The van der Waals surface area contributed by atoms with Gasteiger partial charge in [-0.2, -0.15) is 8.42 Å². The molecule has 1 atom stereocenters. The summed E-state index contributed by atoms with van der Waals surface area (Å²) in [4.78, 5) is 24.3. The highest BCUT2D eigenvalue weighted by molar-refractivity contribution is 7.88. The summed E-state index contributed by atoms with van der Waals surface area (Å²) in [5.41, 5.74) is 0. The van der Waals surface area contributed by atoms with E-state index in [1.54, 1.807) is 0 Å². The van der Waals surface area contributed by atoms with Crippen molar-refractivity contribution in [1.29, 1.82) is 0 Å². The number of carbonyl (C=O) groups is 2. The predicted octanol–water partition coefficient (Wildman–Crippen LogP) is 0.894. The Morgan fingerprint density at radius 1 is 1.33 bits per heavy atom. The van der Waals surface area contributed by atoms with Crippen LogP contribution < -0.4 is 0 Å². The van der Waals surface area contributed by atoms with E-state index in [9.17, 15) is 22.4 Å². The molecule has 1 N–H and O–H groups in total. The first-order chi connectivity index (χ1) is 9.63. The summed E-state index contributed by atoms with van der Waals surface area (Å²) < 4.78 is 50.4. The zero-order valence-electron chi connectivity index (χ0n) is 12.0. The summed E-state index contributed by atoms with van der Waals surface area (Å²) in [6, 6.07) is -0.305. The van der Waals surface area contributed by atoms with Gasteiger partial charge < -0.3 is 9.64 Å². The van der Waals surface area contributed by atoms with E-state index >= 15 is 0 Å². The van der Waals surface area contributed by atoms with E-state index in [-0.39, 0.29) is 6.04 Å². The Morgan fingerprint density at radius 2 is 1.86 bits per heavy atom. The molecule has 1 fully saturated rings. The molecule has 21 heavy (non-hydrogen) atoms. The molecular weight excluding hydrogens is 305 g/mol. The fourth-order valence-electron chi connectivity index (χ4n) is 2.43. The van der Waals surface area contributed by atoms with Crippen LogP contribution in [-0.4, -0.2) is 54.9 Å². The number of hydrogen-bond donors (Lipinski definition) is 1. The van der Waals surface area contributed by atoms with E-state index in [1.165, 1.54) is 7.05 Å². The van der Waals surface area contributed by atoms with E-state index < -0.39 is 33.4 Å². The minimum Gasteiger partial charge on any atom is -0.469 e. The highest BCUT2D eigenvalue weighted by Gasteiger charge is 2.55. The number of amides is 1. The number of carbonyl (C=O) groups excluding carboxylic acids is 2. The van der Waals surface area contributed by atoms with Gasteiger partial charge in [0.05, 0.1) is 7.11 Å². The van der Waals surface area contributed by atoms with Gasteiger partial charge in [-0.15, -0.1) is 0 Å². The van der Waals surface area contributed by atoms with Crippen LogP contribution in [0.15, 0.2) is 0 Å². The molecule has 0 aliphatic heterocycles. The van der Waals surface area contributed by atoms with Crippen molar-refractivity contribution in [2.24, 2.45) is 0 Å². The topological polar surface area (TPSA) is 101 Å². The number of hydrogen-bond acceptors (Lipinski definition) is 5. The highest BCUT2D eigenvalue weighted by atomic mass is 32.2. The van der Waals surface area contributed by atoms with Crippen molar-refractivity contribution in [2.75, 3.05) is 14.2 Å². The maximum Gasteiger partial charge on any atom is 0.322 e. The Kier molecular flexibility index (Phi) is 5.68. The molecule has 0 spiro atoms. The molecule has 9 heteroatoms. The van der Waals surface area contributed by atoms with E-state index in [0.29, 0.717) is 12.8 Å². The van der Waals surface area contributed by atoms with Crippen LogP contribution in [0, 0.1) is 0 Å². The summed E-state index contributed by atoms with van der Waals surface area (Å²) in [6.45, 7) is 0. The smallest absolute Gasteiger partial charge is 0.322 e. The largest absolute Gasteiger partial charge is 0.469 e. The van der Waals surface area contributed by atoms with Crippen LogP contribution in [0.3, 0.4) is 0 Å². The Bertz CT molecular complexity index is 502. The minimum atomic E-state index is -5.41. The predicted molar refractivity (Wildman–Crippen MR) is 71.7 cm³/mol. The van der Waals surface area contributed by atoms with Crippen LogP contribution in [0.4, 0.5) is 4.39 Å². The molecule has 0 heterocycles. The van der Waals surface area contributed by atoms with Gasteiger partial charge in [-0.3, -0.25) is 14.1 Å². The molecule has 1 saturated carbocycles. The Morgan fingerprint density at radius 3 is 2.29 bits per heavy atom. The van der Waals surface area contributed by atoms with E-state index in [2.05, 4.69) is 4.74 Å². The number of methoxy groups -OCH3 is 1. The molecule has 0 aromatic heterocycles. The van der Waals surface area contributed by atoms with Gasteiger partial charge in [0.25, 0.3) is 5.91 Å². The lowest BCUT2D eigenvalue weighted by Gasteiger charge is -2.34. The molecule has 1 aliphatic rings. The van der Waals surface area contributed by atoms with Gasteiger partial charge in [0.1, 0.15) is 6.42 Å². The fraction of sp³-hybridized carbons (Fsp3) is 0.833. The summed E-state index contributed by atoms with van der Waals surface area (Å²) >= 11 is 0. The summed E-state index contributed by atoms with van der Waals surface area (Å²) in [7, 11) is -3.21. The van der Waals surface area contributed by atoms with Gasteiger partial charge in [0, 0.05) is 13.1 Å². The van der Waals surface area contributed by atoms with E-state index in [1.807, 2.05) is 0 Å². The van der Waals surface area contributed by atoms with Crippen LogP contribution in [0.5, 0.6) is 0 Å². The zero-order valence-corrected chi connectivity index (χ0v) is 12.9. The van der Waals surface area contributed by atoms with Crippen LogP contribution in [0.1, 0.15) is 38.5 Å². The molecule has 1 aliphatic carbocycles. The Hall–Kier alpha value is -1.22. The molecule has 1 amide bonds. The number of ether oxygens (including phenoxy) is 1. The summed E-state index contributed by atoms with van der Waals surface area (Å²) in [5, 5.41) is -3.72. The standard InChI is InChI=1S/C12H20FNO6S/c1-14(9-6-4-3-5-7-9)11(16)12(13,21(17,18)19)8-10(15)20-2/h9H,3-8H2,1-2H3,(H,17,18,19). The van der Waals surface area contributed by atoms with Crippen molar-refractivity contribution in [3.8, 4) is 0 Å². The Balaban J connectivity index is 3.02. The average Bonchev–Trinajstić information content (AvgIpc) is 2.45. The van der Waals surface area contributed by atoms with Gasteiger partial charge in [-0.1, -0.05) is 19.3 Å². The third kappa shape index (κ3) is 3.91. The zero-order chi connectivity index (χ0) is 16.3. The SMILES string of the molecule is COC(=O)CC(F)(C(=O)N(C)C1CCCCC1)S(=O)(=O)O. The van der Waals surface area contributed by atoms with Crippen molar-refractivity contribution in [2.45, 2.75) is 49.6 Å². The van der Waals surface area contributed by atoms with Gasteiger partial charge in [0.15, 0.2) is 0 Å². The van der Waals surface area contributed by atoms with Crippen molar-refractivity contribution >= 4 is 22.0 Å². The number of rotatable bonds is 5. The van der Waals surface area contributed by atoms with Gasteiger partial charge >= 0.3 is 21.1 Å². The number of nitrogens with zero attached hydrogens (tertiary/aromatic N) is 1. The molecule has 1 rings (SSSR count). The molecule has 1 unspecified atom stereocenters. The second-order valence-corrected chi connectivity index (χ2v) is 6.76. The molecule has 0 radical (unpaired) electrons. The van der Waals surface area contributed by atoms with Crippen molar-refractivity contribution < 1.29 is 31.7 Å². The third-order valence-corrected chi connectivity index (χ3v) is 4.91. The summed E-state index contributed by atoms with van der Waals surface area (Å²) in [5.74, 6) is -2.68. The molecule has 7 nitrogen and oxygen atoms in total. The number of halogens is 1. The van der Waals surface area contributed by atoms with E-state index in [0.717, 1.165) is 31.3 Å². The van der Waals surface area contributed by atoms with Crippen LogP contribution >= 0.6 is 0 Å². The fourth-order valence-corrected chi connectivity index (χ4v) is 3.10. The lowest BCUT2D eigenvalue weighted by atomic mass is 9.94. The van der Waals surface area contributed by atoms with Crippen LogP contribution in [-0.2, 0) is 24.4 Å². The van der Waals surface area contributed by atoms with Gasteiger partial charge in [-0.25, -0.2) is 4.39 Å². The molecule has 0 saturated heterocycles. The lowest BCUT2D eigenvalue weighted by molar-refractivity contribution is -0.150. The normalized spacial score (nSPS) is 19.6. The maximum absolute atomic E-state index is 14.6. The first-order valence-electron chi connectivity index (χ1n) is 6.63. The summed E-state index contributed by atoms with van der Waals surface area (Å²) in [6.07, 6.45) is 2.58. The van der Waals surface area contributed by atoms with Crippen molar-refractivity contribution in [3.63, 3.8) is 0 Å². The molecule has 0 bridgehead atoms. The third-order valence-electron chi connectivity index (χ3n) is 3.77. The minimum absolute atomic E-state index is 0.305. The lowest BCUT2D eigenvalue weighted by Crippen LogP contribution is -2.54. The maximum atomic E-state index is 14.6. The van der Waals surface area contributed by atoms with Crippen molar-refractivity contribution in [1.82, 2.24) is 4.90 Å². The van der Waals surface area contributed by atoms with Crippen molar-refractivity contribution in [3.05, 3.63) is 0 Å². The molecular formula is C12H20FNO6S. The first kappa shape index (κ1) is 17.8. The highest BCUT2D eigenvalue weighted by Crippen LogP contribution is 2.30. The first-order valence-corrected chi connectivity index (χ1v) is 8.07. The molecule has 0 aromatic rings. The number of esters is 1. The van der Waals surface area contributed by atoms with Gasteiger partial charge in [-0.05, 0) is 12.8 Å². The number of alkyl halides is 1. The van der Waals surface area contributed by atoms with Crippen LogP contribution in [0.2, 0.25) is 0 Å².